The molecule has 1 aromatic heterocycles. The Morgan fingerprint density at radius 1 is 1.45 bits per heavy atom. The third-order valence-electron chi connectivity index (χ3n) is 4.51. The first-order valence-electron chi connectivity index (χ1n) is 7.31. The number of nitrogens with zero attached hydrogens (tertiary/aromatic N) is 2. The lowest BCUT2D eigenvalue weighted by Gasteiger charge is -2.25. The molecule has 1 unspecified atom stereocenters. The minimum Gasteiger partial charge on any atom is -0.467 e. The fraction of sp³-hybridized carbons (Fsp3) is 0.438. The van der Waals surface area contributed by atoms with Gasteiger partial charge in [0.25, 0.3) is 0 Å². The van der Waals surface area contributed by atoms with E-state index in [2.05, 4.69) is 9.97 Å². The molecule has 0 bridgehead atoms. The minimum absolute atomic E-state index is 0.0931. The average molecular weight is 301 g/mol. The van der Waals surface area contributed by atoms with Crippen molar-refractivity contribution in [3.05, 3.63) is 30.1 Å². The highest BCUT2D eigenvalue weighted by atomic mass is 16.5. The van der Waals surface area contributed by atoms with Gasteiger partial charge >= 0.3 is 5.97 Å². The highest BCUT2D eigenvalue weighted by Gasteiger charge is 2.48. The molecule has 1 amide bonds. The predicted octanol–water partition coefficient (Wildman–Crippen LogP) is 1.61. The SMILES string of the molecule is COC(=O)[C@@H](C)N1CCC(C)(c2nc3ccccc3[nH]2)C1=O. The normalized spacial score (nSPS) is 23.0. The average Bonchev–Trinajstić information content (AvgIpc) is 3.09. The Kier molecular flexibility index (Phi) is 3.39. The van der Waals surface area contributed by atoms with E-state index < -0.39 is 17.4 Å². The Bertz CT molecular complexity index is 706. The zero-order valence-electron chi connectivity index (χ0n) is 12.9. The summed E-state index contributed by atoms with van der Waals surface area (Å²) >= 11 is 0. The van der Waals surface area contributed by atoms with Crippen molar-refractivity contribution >= 4 is 22.9 Å². The van der Waals surface area contributed by atoms with Crippen LogP contribution in [0.15, 0.2) is 24.3 Å². The van der Waals surface area contributed by atoms with E-state index in [1.54, 1.807) is 11.8 Å². The minimum atomic E-state index is -0.735. The molecular weight excluding hydrogens is 282 g/mol. The van der Waals surface area contributed by atoms with Crippen LogP contribution in [0, 0.1) is 0 Å². The van der Waals surface area contributed by atoms with E-state index >= 15 is 0 Å². The van der Waals surface area contributed by atoms with Gasteiger partial charge in [0.15, 0.2) is 0 Å². The number of hydrogen-bond donors (Lipinski definition) is 1. The first kappa shape index (κ1) is 14.6. The second-order valence-electron chi connectivity index (χ2n) is 5.88. The molecule has 0 spiro atoms. The van der Waals surface area contributed by atoms with E-state index in [0.717, 1.165) is 11.0 Å². The smallest absolute Gasteiger partial charge is 0.328 e. The molecule has 3 rings (SSSR count). The van der Waals surface area contributed by atoms with Gasteiger partial charge in [-0.3, -0.25) is 4.79 Å². The molecule has 1 aromatic carbocycles. The van der Waals surface area contributed by atoms with Crippen LogP contribution in [-0.2, 0) is 19.7 Å². The van der Waals surface area contributed by atoms with Gasteiger partial charge in [0.05, 0.1) is 18.1 Å². The summed E-state index contributed by atoms with van der Waals surface area (Å²) in [6.45, 7) is 4.08. The van der Waals surface area contributed by atoms with Crippen molar-refractivity contribution in [2.45, 2.75) is 31.7 Å². The van der Waals surface area contributed by atoms with Crippen molar-refractivity contribution in [3.63, 3.8) is 0 Å². The molecule has 116 valence electrons. The van der Waals surface area contributed by atoms with Gasteiger partial charge in [-0.05, 0) is 32.4 Å². The molecule has 1 aliphatic rings. The number of likely N-dealkylation sites (tertiary alicyclic amines) is 1. The number of para-hydroxylation sites is 2. The Balaban J connectivity index is 1.93. The number of esters is 1. The summed E-state index contributed by atoms with van der Waals surface area (Å²) in [5, 5.41) is 0. The van der Waals surface area contributed by atoms with Crippen LogP contribution in [0.3, 0.4) is 0 Å². The number of fused-ring (bicyclic) bond motifs is 1. The largest absolute Gasteiger partial charge is 0.467 e. The number of carbonyl (C=O) groups is 2. The second kappa shape index (κ2) is 5.12. The van der Waals surface area contributed by atoms with E-state index in [1.165, 1.54) is 7.11 Å². The fourth-order valence-electron chi connectivity index (χ4n) is 2.97. The number of benzene rings is 1. The van der Waals surface area contributed by atoms with Gasteiger partial charge < -0.3 is 14.6 Å². The molecule has 2 aromatic rings. The van der Waals surface area contributed by atoms with E-state index in [0.29, 0.717) is 18.8 Å². The number of carbonyl (C=O) groups excluding carboxylic acids is 2. The van der Waals surface area contributed by atoms with Crippen molar-refractivity contribution in [2.24, 2.45) is 0 Å². The zero-order valence-corrected chi connectivity index (χ0v) is 12.9. The molecule has 2 atom stereocenters. The Morgan fingerprint density at radius 3 is 2.86 bits per heavy atom. The monoisotopic (exact) mass is 301 g/mol. The number of amides is 1. The molecule has 22 heavy (non-hydrogen) atoms. The summed E-state index contributed by atoms with van der Waals surface area (Å²) in [4.78, 5) is 33.9. The standard InChI is InChI=1S/C16H19N3O3/c1-10(13(20)22-3)19-9-8-16(2,15(19)21)14-17-11-6-4-5-7-12(11)18-14/h4-7,10H,8-9H2,1-3H3,(H,17,18)/t10-,16?/m1/s1. The molecule has 1 aliphatic heterocycles. The number of rotatable bonds is 3. The number of aromatic amines is 1. The maximum atomic E-state index is 12.8. The number of nitrogens with one attached hydrogen (secondary N) is 1. The topological polar surface area (TPSA) is 75.3 Å². The number of aromatic nitrogens is 2. The van der Waals surface area contributed by atoms with Crippen molar-refractivity contribution in [1.29, 1.82) is 0 Å². The number of methoxy groups -OCH3 is 1. The van der Waals surface area contributed by atoms with Crippen LogP contribution in [0.2, 0.25) is 0 Å². The molecule has 2 heterocycles. The Morgan fingerprint density at radius 2 is 2.18 bits per heavy atom. The first-order chi connectivity index (χ1) is 10.5. The van der Waals surface area contributed by atoms with Gasteiger partial charge in [0.2, 0.25) is 5.91 Å². The zero-order chi connectivity index (χ0) is 15.9. The molecule has 0 radical (unpaired) electrons. The number of hydrogen-bond acceptors (Lipinski definition) is 4. The molecule has 1 fully saturated rings. The quantitative estimate of drug-likeness (QED) is 0.874. The highest BCUT2D eigenvalue weighted by Crippen LogP contribution is 2.35. The van der Waals surface area contributed by atoms with Crippen LogP contribution in [-0.4, -0.2) is 46.4 Å². The lowest BCUT2D eigenvalue weighted by molar-refractivity contribution is -0.151. The van der Waals surface area contributed by atoms with Crippen LogP contribution >= 0.6 is 0 Å². The van der Waals surface area contributed by atoms with Crippen LogP contribution in [0.5, 0.6) is 0 Å². The summed E-state index contributed by atoms with van der Waals surface area (Å²) in [5.41, 5.74) is 1.01. The summed E-state index contributed by atoms with van der Waals surface area (Å²) in [6, 6.07) is 7.10. The fourth-order valence-corrected chi connectivity index (χ4v) is 2.97. The van der Waals surface area contributed by atoms with Crippen LogP contribution in [0.25, 0.3) is 11.0 Å². The maximum Gasteiger partial charge on any atom is 0.328 e. The number of imidazole rings is 1. The molecule has 6 nitrogen and oxygen atoms in total. The van der Waals surface area contributed by atoms with Gasteiger partial charge in [-0.1, -0.05) is 12.1 Å². The van der Waals surface area contributed by atoms with Crippen LogP contribution in [0.1, 0.15) is 26.1 Å². The number of ether oxygens (including phenoxy) is 1. The van der Waals surface area contributed by atoms with E-state index in [1.807, 2.05) is 31.2 Å². The van der Waals surface area contributed by atoms with Crippen molar-refractivity contribution in [1.82, 2.24) is 14.9 Å². The summed E-state index contributed by atoms with van der Waals surface area (Å²) in [6.07, 6.45) is 0.618. The van der Waals surface area contributed by atoms with Crippen molar-refractivity contribution in [2.75, 3.05) is 13.7 Å². The molecule has 0 aliphatic carbocycles. The summed E-state index contributed by atoms with van der Waals surface area (Å²) in [5.74, 6) is 0.157. The maximum absolute atomic E-state index is 12.8. The number of H-pyrrole nitrogens is 1. The molecular formula is C16H19N3O3. The third-order valence-corrected chi connectivity index (χ3v) is 4.51. The lowest BCUT2D eigenvalue weighted by atomic mass is 9.88. The lowest BCUT2D eigenvalue weighted by Crippen LogP contribution is -2.44. The highest BCUT2D eigenvalue weighted by molar-refractivity contribution is 5.93. The van der Waals surface area contributed by atoms with Gasteiger partial charge in [0, 0.05) is 6.54 Å². The molecule has 0 saturated carbocycles. The van der Waals surface area contributed by atoms with E-state index in [4.69, 9.17) is 4.74 Å². The third kappa shape index (κ3) is 2.06. The summed E-state index contributed by atoms with van der Waals surface area (Å²) in [7, 11) is 1.33. The van der Waals surface area contributed by atoms with E-state index in [-0.39, 0.29) is 5.91 Å². The second-order valence-corrected chi connectivity index (χ2v) is 5.88. The van der Waals surface area contributed by atoms with Crippen LogP contribution in [0.4, 0.5) is 0 Å². The molecule has 1 N–H and O–H groups in total. The Labute approximate surface area is 128 Å². The summed E-state index contributed by atoms with van der Waals surface area (Å²) < 4.78 is 4.74. The van der Waals surface area contributed by atoms with Crippen molar-refractivity contribution in [3.8, 4) is 0 Å². The van der Waals surface area contributed by atoms with Crippen LogP contribution < -0.4 is 0 Å². The van der Waals surface area contributed by atoms with Gasteiger partial charge in [-0.2, -0.15) is 0 Å². The first-order valence-corrected chi connectivity index (χ1v) is 7.31. The Hall–Kier alpha value is -2.37. The van der Waals surface area contributed by atoms with E-state index in [9.17, 15) is 9.59 Å². The van der Waals surface area contributed by atoms with Crippen molar-refractivity contribution < 1.29 is 14.3 Å². The van der Waals surface area contributed by atoms with Gasteiger partial charge in [-0.15, -0.1) is 0 Å². The van der Waals surface area contributed by atoms with Gasteiger partial charge in [-0.25, -0.2) is 9.78 Å². The van der Waals surface area contributed by atoms with Gasteiger partial charge in [0.1, 0.15) is 17.3 Å². The predicted molar refractivity (Wildman–Crippen MR) is 81.3 cm³/mol. The molecule has 6 heteroatoms. The molecule has 1 saturated heterocycles.